The number of amides is 1. The third-order valence-electron chi connectivity index (χ3n) is 3.14. The maximum Gasteiger partial charge on any atom is 0.237 e. The highest BCUT2D eigenvalue weighted by molar-refractivity contribution is 8.02. The average molecular weight is 364 g/mol. The van der Waals surface area contributed by atoms with Gasteiger partial charge in [0.25, 0.3) is 0 Å². The first-order valence-corrected chi connectivity index (χ1v) is 9.35. The van der Waals surface area contributed by atoms with Crippen LogP contribution in [0.25, 0.3) is 0 Å². The van der Waals surface area contributed by atoms with Crippen molar-refractivity contribution in [2.75, 3.05) is 17.2 Å². The van der Waals surface area contributed by atoms with Crippen molar-refractivity contribution in [1.82, 2.24) is 10.2 Å². The summed E-state index contributed by atoms with van der Waals surface area (Å²) >= 11 is 2.78. The fourth-order valence-electron chi connectivity index (χ4n) is 1.90. The number of nitrogens with one attached hydrogen (secondary N) is 2. The molecule has 1 amide bonds. The fourth-order valence-corrected chi connectivity index (χ4v) is 3.82. The van der Waals surface area contributed by atoms with E-state index in [0.717, 1.165) is 22.4 Å². The second-order valence-corrected chi connectivity index (χ2v) is 7.72. The van der Waals surface area contributed by atoms with Crippen LogP contribution in [-0.4, -0.2) is 33.7 Å². The number of aromatic nitrogens is 2. The summed E-state index contributed by atoms with van der Waals surface area (Å²) in [4.78, 5) is 24.0. The lowest BCUT2D eigenvalue weighted by Crippen LogP contribution is -2.23. The lowest BCUT2D eigenvalue weighted by Gasteiger charge is -2.12. The number of Topliss-reactive ketones (excluding diaryl/α,β-unsaturated/α-hetero) is 1. The van der Waals surface area contributed by atoms with Gasteiger partial charge >= 0.3 is 0 Å². The molecule has 0 radical (unpaired) electrons. The number of nitrogens with zero attached hydrogens (tertiary/aromatic N) is 2. The highest BCUT2D eigenvalue weighted by Crippen LogP contribution is 2.29. The van der Waals surface area contributed by atoms with Crippen LogP contribution in [-0.2, 0) is 4.79 Å². The normalized spacial score (nSPS) is 11.8. The molecule has 1 aromatic heterocycles. The molecule has 2 rings (SSSR count). The molecule has 1 aromatic carbocycles. The summed E-state index contributed by atoms with van der Waals surface area (Å²) < 4.78 is 0.733. The maximum absolute atomic E-state index is 12.4. The number of anilines is 2. The molecule has 2 N–H and O–H groups in total. The molecule has 1 atom stereocenters. The van der Waals surface area contributed by atoms with E-state index < -0.39 is 0 Å². The topological polar surface area (TPSA) is 84.0 Å². The van der Waals surface area contributed by atoms with Crippen molar-refractivity contribution in [3.8, 4) is 0 Å². The third kappa shape index (κ3) is 5.04. The third-order valence-corrected chi connectivity index (χ3v) is 5.21. The maximum atomic E-state index is 12.4. The van der Waals surface area contributed by atoms with Gasteiger partial charge in [-0.25, -0.2) is 0 Å². The van der Waals surface area contributed by atoms with Gasteiger partial charge in [-0.05, 0) is 32.4 Å². The number of hydrogen-bond donors (Lipinski definition) is 2. The molecule has 0 saturated carbocycles. The average Bonchev–Trinajstić information content (AvgIpc) is 3.00. The van der Waals surface area contributed by atoms with Crippen molar-refractivity contribution in [3.63, 3.8) is 0 Å². The highest BCUT2D eigenvalue weighted by Gasteiger charge is 2.19. The number of para-hydroxylation sites is 1. The first kappa shape index (κ1) is 18.4. The standard InChI is InChI=1S/C16H20N4O2S2/c1-4-9-17-15-19-20-16(24-15)23-11(3)14(22)18-13-8-6-5-7-12(13)10(2)21/h5-8,11H,4,9H2,1-3H3,(H,17,19)(H,18,22)/t11-/m1/s1. The van der Waals surface area contributed by atoms with Crippen LogP contribution in [0.15, 0.2) is 28.6 Å². The van der Waals surface area contributed by atoms with E-state index in [1.54, 1.807) is 31.2 Å². The predicted octanol–water partition coefficient (Wildman–Crippen LogP) is 3.68. The number of carbonyl (C=O) groups is 2. The SMILES string of the molecule is CCCNc1nnc(S[C@H](C)C(=O)Nc2ccccc2C(C)=O)s1. The van der Waals surface area contributed by atoms with Gasteiger partial charge in [0.05, 0.1) is 10.9 Å². The van der Waals surface area contributed by atoms with Gasteiger partial charge in [0.15, 0.2) is 10.1 Å². The Morgan fingerprint density at radius 3 is 2.75 bits per heavy atom. The van der Waals surface area contributed by atoms with Gasteiger partial charge in [0, 0.05) is 12.1 Å². The molecule has 0 aliphatic carbocycles. The Balaban J connectivity index is 1.97. The summed E-state index contributed by atoms with van der Waals surface area (Å²) in [6, 6.07) is 6.99. The zero-order chi connectivity index (χ0) is 17.5. The van der Waals surface area contributed by atoms with Crippen molar-refractivity contribution in [3.05, 3.63) is 29.8 Å². The number of thioether (sulfide) groups is 1. The molecule has 24 heavy (non-hydrogen) atoms. The van der Waals surface area contributed by atoms with Gasteiger partial charge < -0.3 is 10.6 Å². The lowest BCUT2D eigenvalue weighted by molar-refractivity contribution is -0.115. The van der Waals surface area contributed by atoms with Gasteiger partial charge in [-0.15, -0.1) is 10.2 Å². The van der Waals surface area contributed by atoms with E-state index in [0.29, 0.717) is 11.3 Å². The Labute approximate surface area is 149 Å². The molecule has 0 saturated heterocycles. The molecular weight excluding hydrogens is 344 g/mol. The molecule has 0 fully saturated rings. The Bertz CT molecular complexity index is 718. The molecule has 0 unspecified atom stereocenters. The molecular formula is C16H20N4O2S2. The molecule has 0 spiro atoms. The summed E-state index contributed by atoms with van der Waals surface area (Å²) in [5.74, 6) is -0.256. The van der Waals surface area contributed by atoms with Crippen LogP contribution in [0.5, 0.6) is 0 Å². The summed E-state index contributed by atoms with van der Waals surface area (Å²) in [6.07, 6.45) is 1.01. The van der Waals surface area contributed by atoms with Crippen molar-refractivity contribution in [2.45, 2.75) is 36.8 Å². The molecule has 8 heteroatoms. The first-order valence-electron chi connectivity index (χ1n) is 7.66. The van der Waals surface area contributed by atoms with Crippen LogP contribution in [0.4, 0.5) is 10.8 Å². The largest absolute Gasteiger partial charge is 0.360 e. The van der Waals surface area contributed by atoms with Crippen LogP contribution in [0.1, 0.15) is 37.6 Å². The van der Waals surface area contributed by atoms with Crippen LogP contribution in [0, 0.1) is 0 Å². The Morgan fingerprint density at radius 1 is 1.29 bits per heavy atom. The number of hydrogen-bond acceptors (Lipinski definition) is 7. The quantitative estimate of drug-likeness (QED) is 0.549. The molecule has 1 heterocycles. The molecule has 0 bridgehead atoms. The molecule has 0 aliphatic heterocycles. The fraction of sp³-hybridized carbons (Fsp3) is 0.375. The Kier molecular flexibility index (Phi) is 6.74. The summed E-state index contributed by atoms with van der Waals surface area (Å²) in [7, 11) is 0. The Hall–Kier alpha value is -1.93. The number of ketones is 1. The Morgan fingerprint density at radius 2 is 2.04 bits per heavy atom. The summed E-state index contributed by atoms with van der Waals surface area (Å²) in [5, 5.41) is 14.5. The monoisotopic (exact) mass is 364 g/mol. The van der Waals surface area contributed by atoms with Crippen LogP contribution >= 0.6 is 23.1 Å². The van der Waals surface area contributed by atoms with Crippen molar-refractivity contribution in [2.24, 2.45) is 0 Å². The first-order chi connectivity index (χ1) is 11.5. The van der Waals surface area contributed by atoms with Gasteiger partial charge in [-0.1, -0.05) is 42.2 Å². The van der Waals surface area contributed by atoms with Gasteiger partial charge in [-0.2, -0.15) is 0 Å². The van der Waals surface area contributed by atoms with Gasteiger partial charge in [0.1, 0.15) is 0 Å². The van der Waals surface area contributed by atoms with Crippen LogP contribution in [0.2, 0.25) is 0 Å². The van der Waals surface area contributed by atoms with E-state index >= 15 is 0 Å². The van der Waals surface area contributed by atoms with E-state index in [4.69, 9.17) is 0 Å². The molecule has 2 aromatic rings. The van der Waals surface area contributed by atoms with Crippen molar-refractivity contribution < 1.29 is 9.59 Å². The van der Waals surface area contributed by atoms with Crippen LogP contribution in [0.3, 0.4) is 0 Å². The van der Waals surface area contributed by atoms with Crippen LogP contribution < -0.4 is 10.6 Å². The second-order valence-electron chi connectivity index (χ2n) is 5.15. The van der Waals surface area contributed by atoms with E-state index in [1.807, 2.05) is 0 Å². The second kappa shape index (κ2) is 8.79. The minimum atomic E-state index is -0.350. The minimum Gasteiger partial charge on any atom is -0.360 e. The van der Waals surface area contributed by atoms with Gasteiger partial charge in [0.2, 0.25) is 11.0 Å². The summed E-state index contributed by atoms with van der Waals surface area (Å²) in [5.41, 5.74) is 1.04. The van der Waals surface area contributed by atoms with E-state index in [-0.39, 0.29) is 16.9 Å². The van der Waals surface area contributed by atoms with E-state index in [1.165, 1.54) is 30.0 Å². The molecule has 0 aliphatic rings. The smallest absolute Gasteiger partial charge is 0.237 e. The van der Waals surface area contributed by atoms with Crippen molar-refractivity contribution in [1.29, 1.82) is 0 Å². The number of benzene rings is 1. The number of carbonyl (C=O) groups excluding carboxylic acids is 2. The highest BCUT2D eigenvalue weighted by atomic mass is 32.2. The lowest BCUT2D eigenvalue weighted by atomic mass is 10.1. The zero-order valence-corrected chi connectivity index (χ0v) is 15.5. The van der Waals surface area contributed by atoms with Gasteiger partial charge in [-0.3, -0.25) is 9.59 Å². The predicted molar refractivity (Wildman–Crippen MR) is 99.1 cm³/mol. The van der Waals surface area contributed by atoms with E-state index in [9.17, 15) is 9.59 Å². The van der Waals surface area contributed by atoms with Crippen molar-refractivity contribution >= 4 is 45.6 Å². The van der Waals surface area contributed by atoms with E-state index in [2.05, 4.69) is 27.8 Å². The zero-order valence-electron chi connectivity index (χ0n) is 13.8. The summed E-state index contributed by atoms with van der Waals surface area (Å²) in [6.45, 7) is 6.21. The number of rotatable bonds is 8. The minimum absolute atomic E-state index is 0.0815. The molecule has 128 valence electrons. The molecule has 6 nitrogen and oxygen atoms in total.